The largest absolute Gasteiger partial charge is 0.478 e. The Labute approximate surface area is 107 Å². The Hall–Kier alpha value is -1.36. The van der Waals surface area contributed by atoms with E-state index in [-0.39, 0.29) is 5.91 Å². The van der Waals surface area contributed by atoms with Gasteiger partial charge in [-0.2, -0.15) is 0 Å². The molecule has 2 heterocycles. The molecule has 0 aliphatic carbocycles. The Kier molecular flexibility index (Phi) is 4.01. The lowest BCUT2D eigenvalue weighted by molar-refractivity contribution is -0.131. The van der Waals surface area contributed by atoms with E-state index in [1.54, 1.807) is 0 Å². The zero-order valence-corrected chi connectivity index (χ0v) is 10.6. The van der Waals surface area contributed by atoms with Crippen LogP contribution >= 0.6 is 0 Å². The predicted octanol–water partition coefficient (Wildman–Crippen LogP) is 0.616. The topological polar surface area (TPSA) is 69.6 Å². The lowest BCUT2D eigenvalue weighted by Crippen LogP contribution is -2.43. The van der Waals surface area contributed by atoms with E-state index in [1.165, 1.54) is 12.8 Å². The van der Waals surface area contributed by atoms with Crippen molar-refractivity contribution in [3.05, 3.63) is 12.2 Å². The molecule has 5 heteroatoms. The number of rotatable bonds is 4. The second-order valence-corrected chi connectivity index (χ2v) is 5.30. The van der Waals surface area contributed by atoms with E-state index in [9.17, 15) is 9.59 Å². The Morgan fingerprint density at radius 3 is 2.44 bits per heavy atom. The third-order valence-corrected chi connectivity index (χ3v) is 4.14. The van der Waals surface area contributed by atoms with Crippen LogP contribution in [-0.4, -0.2) is 47.6 Å². The highest BCUT2D eigenvalue weighted by atomic mass is 16.4. The first-order valence-electron chi connectivity index (χ1n) is 6.47. The van der Waals surface area contributed by atoms with Gasteiger partial charge in [-0.3, -0.25) is 4.79 Å². The number of carbonyl (C=O) groups excluding carboxylic acids is 1. The highest BCUT2D eigenvalue weighted by Gasteiger charge is 2.38. The first-order chi connectivity index (χ1) is 8.56. The standard InChI is InChI=1S/C13H20N2O3/c1-15-10-2-3-11(15)7-9(6-10)8-14-12(16)4-5-13(17)18/h4-5,9-11H,2-3,6-8H2,1H3,(H,14,16)(H,17,18)/b5-4+. The number of nitrogens with zero attached hydrogens (tertiary/aromatic N) is 1. The third kappa shape index (κ3) is 3.10. The molecule has 2 N–H and O–H groups in total. The maximum absolute atomic E-state index is 11.4. The van der Waals surface area contributed by atoms with Crippen molar-refractivity contribution in [1.29, 1.82) is 0 Å². The summed E-state index contributed by atoms with van der Waals surface area (Å²) in [4.78, 5) is 24.1. The molecule has 0 aromatic heterocycles. The first kappa shape index (κ1) is 13.1. The van der Waals surface area contributed by atoms with Crippen molar-refractivity contribution in [2.45, 2.75) is 37.8 Å². The molecule has 2 rings (SSSR count). The number of piperidine rings is 1. The first-order valence-corrected chi connectivity index (χ1v) is 6.47. The Morgan fingerprint density at radius 2 is 1.89 bits per heavy atom. The van der Waals surface area contributed by atoms with Gasteiger partial charge < -0.3 is 15.3 Å². The molecule has 5 nitrogen and oxygen atoms in total. The van der Waals surface area contributed by atoms with Crippen molar-refractivity contribution in [1.82, 2.24) is 10.2 Å². The van der Waals surface area contributed by atoms with Crippen LogP contribution in [0.3, 0.4) is 0 Å². The van der Waals surface area contributed by atoms with Crippen molar-refractivity contribution < 1.29 is 14.7 Å². The van der Waals surface area contributed by atoms with Gasteiger partial charge in [0.25, 0.3) is 0 Å². The second kappa shape index (κ2) is 5.52. The van der Waals surface area contributed by atoms with Gasteiger partial charge in [0.2, 0.25) is 5.91 Å². The van der Waals surface area contributed by atoms with E-state index < -0.39 is 5.97 Å². The smallest absolute Gasteiger partial charge is 0.328 e. The molecule has 2 aliphatic heterocycles. The fraction of sp³-hybridized carbons (Fsp3) is 0.692. The summed E-state index contributed by atoms with van der Waals surface area (Å²) in [6.45, 7) is 0.656. The van der Waals surface area contributed by atoms with Crippen LogP contribution in [0.15, 0.2) is 12.2 Å². The van der Waals surface area contributed by atoms with Crippen LogP contribution in [0.25, 0.3) is 0 Å². The minimum absolute atomic E-state index is 0.316. The Bertz CT molecular complexity index is 353. The van der Waals surface area contributed by atoms with E-state index in [0.29, 0.717) is 24.5 Å². The molecule has 0 radical (unpaired) electrons. The number of nitrogens with one attached hydrogen (secondary N) is 1. The Balaban J connectivity index is 1.75. The van der Waals surface area contributed by atoms with Gasteiger partial charge in [0.1, 0.15) is 0 Å². The molecule has 1 amide bonds. The summed E-state index contributed by atoms with van der Waals surface area (Å²) in [5.41, 5.74) is 0. The summed E-state index contributed by atoms with van der Waals surface area (Å²) in [7, 11) is 2.19. The van der Waals surface area contributed by atoms with Gasteiger partial charge >= 0.3 is 5.97 Å². The van der Waals surface area contributed by atoms with Gasteiger partial charge in [-0.05, 0) is 38.6 Å². The van der Waals surface area contributed by atoms with Gasteiger partial charge in [0, 0.05) is 30.8 Å². The molecule has 18 heavy (non-hydrogen) atoms. The maximum atomic E-state index is 11.4. The van der Waals surface area contributed by atoms with Gasteiger partial charge in [-0.1, -0.05) is 0 Å². The number of fused-ring (bicyclic) bond motifs is 2. The normalized spacial score (nSPS) is 31.7. The Morgan fingerprint density at radius 1 is 1.28 bits per heavy atom. The quantitative estimate of drug-likeness (QED) is 0.719. The van der Waals surface area contributed by atoms with Crippen LogP contribution in [0.4, 0.5) is 0 Å². The molecule has 2 unspecified atom stereocenters. The molecular formula is C13H20N2O3. The van der Waals surface area contributed by atoms with Crippen molar-refractivity contribution in [3.63, 3.8) is 0 Å². The summed E-state index contributed by atoms with van der Waals surface area (Å²) in [5.74, 6) is -0.882. The lowest BCUT2D eigenvalue weighted by Gasteiger charge is -2.36. The van der Waals surface area contributed by atoms with Crippen molar-refractivity contribution >= 4 is 11.9 Å². The minimum Gasteiger partial charge on any atom is -0.478 e. The van der Waals surface area contributed by atoms with E-state index in [0.717, 1.165) is 25.0 Å². The minimum atomic E-state index is -1.09. The van der Waals surface area contributed by atoms with E-state index in [1.807, 2.05) is 0 Å². The van der Waals surface area contributed by atoms with Gasteiger partial charge in [0.15, 0.2) is 0 Å². The highest BCUT2D eigenvalue weighted by molar-refractivity contribution is 5.93. The van der Waals surface area contributed by atoms with E-state index >= 15 is 0 Å². The molecule has 0 aromatic carbocycles. The number of carbonyl (C=O) groups is 2. The summed E-state index contributed by atoms with van der Waals surface area (Å²) in [6.07, 6.45) is 6.75. The summed E-state index contributed by atoms with van der Waals surface area (Å²) >= 11 is 0. The molecule has 2 aliphatic rings. The van der Waals surface area contributed by atoms with Crippen LogP contribution in [0.5, 0.6) is 0 Å². The van der Waals surface area contributed by atoms with Gasteiger partial charge in [0.05, 0.1) is 0 Å². The average Bonchev–Trinajstić information content (AvgIpc) is 2.55. The van der Waals surface area contributed by atoms with Crippen LogP contribution in [0.2, 0.25) is 0 Å². The third-order valence-electron chi connectivity index (χ3n) is 4.14. The van der Waals surface area contributed by atoms with Crippen molar-refractivity contribution in [3.8, 4) is 0 Å². The molecule has 0 saturated carbocycles. The zero-order chi connectivity index (χ0) is 13.1. The average molecular weight is 252 g/mol. The number of hydrogen-bond donors (Lipinski definition) is 2. The summed E-state index contributed by atoms with van der Waals surface area (Å²) in [6, 6.07) is 1.33. The van der Waals surface area contributed by atoms with Crippen LogP contribution in [-0.2, 0) is 9.59 Å². The summed E-state index contributed by atoms with van der Waals surface area (Å²) < 4.78 is 0. The molecule has 2 bridgehead atoms. The number of carboxylic acid groups (broad SMARTS) is 1. The number of aliphatic carboxylic acids is 1. The highest BCUT2D eigenvalue weighted by Crippen LogP contribution is 2.36. The fourth-order valence-corrected chi connectivity index (χ4v) is 3.14. The molecule has 2 atom stereocenters. The molecular weight excluding hydrogens is 232 g/mol. The van der Waals surface area contributed by atoms with Crippen molar-refractivity contribution in [2.24, 2.45) is 5.92 Å². The monoisotopic (exact) mass is 252 g/mol. The zero-order valence-electron chi connectivity index (χ0n) is 10.6. The van der Waals surface area contributed by atoms with E-state index in [4.69, 9.17) is 5.11 Å². The fourth-order valence-electron chi connectivity index (χ4n) is 3.14. The van der Waals surface area contributed by atoms with Crippen LogP contribution in [0, 0.1) is 5.92 Å². The second-order valence-electron chi connectivity index (χ2n) is 5.30. The molecule has 2 fully saturated rings. The molecule has 100 valence electrons. The van der Waals surface area contributed by atoms with Crippen LogP contribution in [0.1, 0.15) is 25.7 Å². The molecule has 0 aromatic rings. The lowest BCUT2D eigenvalue weighted by atomic mass is 9.91. The van der Waals surface area contributed by atoms with Gasteiger partial charge in [-0.25, -0.2) is 4.79 Å². The number of carboxylic acids is 1. The SMILES string of the molecule is CN1C2CCC1CC(CNC(=O)/C=C/C(=O)O)C2. The molecule has 2 saturated heterocycles. The predicted molar refractivity (Wildman–Crippen MR) is 67.1 cm³/mol. The van der Waals surface area contributed by atoms with Gasteiger partial charge in [-0.15, -0.1) is 0 Å². The van der Waals surface area contributed by atoms with E-state index in [2.05, 4.69) is 17.3 Å². The van der Waals surface area contributed by atoms with Crippen LogP contribution < -0.4 is 5.32 Å². The maximum Gasteiger partial charge on any atom is 0.328 e. The number of amides is 1. The molecule has 0 spiro atoms. The number of hydrogen-bond acceptors (Lipinski definition) is 3. The van der Waals surface area contributed by atoms with Crippen molar-refractivity contribution in [2.75, 3.05) is 13.6 Å². The summed E-state index contributed by atoms with van der Waals surface area (Å²) in [5, 5.41) is 11.2.